The van der Waals surface area contributed by atoms with Gasteiger partial charge in [-0.3, -0.25) is 0 Å². The predicted octanol–water partition coefficient (Wildman–Crippen LogP) is 3.72. The van der Waals surface area contributed by atoms with Crippen LogP contribution in [0.5, 0.6) is 0 Å². The average Bonchev–Trinajstić information content (AvgIpc) is 2.41. The van der Waals surface area contributed by atoms with Crippen LogP contribution in [0, 0.1) is 5.92 Å². The molecule has 1 fully saturated rings. The highest BCUT2D eigenvalue weighted by atomic mass is 79.9. The quantitative estimate of drug-likeness (QED) is 0.819. The minimum Gasteiger partial charge on any atom is -0.394 e. The van der Waals surface area contributed by atoms with Gasteiger partial charge in [-0.2, -0.15) is 0 Å². The molecule has 112 valence electrons. The van der Waals surface area contributed by atoms with E-state index in [0.29, 0.717) is 0 Å². The molecule has 0 radical (unpaired) electrons. The first-order valence-corrected chi connectivity index (χ1v) is 8.17. The van der Waals surface area contributed by atoms with Gasteiger partial charge < -0.3 is 10.4 Å². The molecule has 1 heterocycles. The third-order valence-corrected chi connectivity index (χ3v) is 4.56. The Balaban J connectivity index is 2.19. The third-order valence-electron chi connectivity index (χ3n) is 4.16. The highest BCUT2D eigenvalue weighted by Gasteiger charge is 2.34. The van der Waals surface area contributed by atoms with Crippen molar-refractivity contribution in [3.05, 3.63) is 16.5 Å². The first kappa shape index (κ1) is 15.7. The Hall–Kier alpha value is -0.680. The Kier molecular flexibility index (Phi) is 5.02. The summed E-state index contributed by atoms with van der Waals surface area (Å²) < 4.78 is 0.788. The zero-order valence-corrected chi connectivity index (χ0v) is 14.1. The topological polar surface area (TPSA) is 58.0 Å². The zero-order chi connectivity index (χ0) is 14.8. The fourth-order valence-corrected chi connectivity index (χ4v) is 3.06. The van der Waals surface area contributed by atoms with Gasteiger partial charge in [0.2, 0.25) is 0 Å². The minimum atomic E-state index is -0.228. The van der Waals surface area contributed by atoms with Crippen molar-refractivity contribution in [2.24, 2.45) is 5.92 Å². The number of anilines is 1. The Bertz CT molecular complexity index is 456. The summed E-state index contributed by atoms with van der Waals surface area (Å²) in [7, 11) is 0. The molecule has 1 saturated carbocycles. The van der Waals surface area contributed by atoms with Gasteiger partial charge in [-0.05, 0) is 47.5 Å². The van der Waals surface area contributed by atoms with Gasteiger partial charge in [0.25, 0.3) is 0 Å². The normalized spacial score (nSPS) is 26.8. The average molecular weight is 342 g/mol. The van der Waals surface area contributed by atoms with Gasteiger partial charge in [0, 0.05) is 12.0 Å². The van der Waals surface area contributed by atoms with E-state index < -0.39 is 0 Å². The van der Waals surface area contributed by atoms with E-state index in [1.54, 1.807) is 0 Å². The summed E-state index contributed by atoms with van der Waals surface area (Å²) in [4.78, 5) is 8.97. The molecule has 1 aromatic heterocycles. The van der Waals surface area contributed by atoms with Gasteiger partial charge in [0.05, 0.1) is 12.1 Å². The number of aliphatic hydroxyl groups is 1. The van der Waals surface area contributed by atoms with E-state index in [1.165, 1.54) is 0 Å². The number of aromatic nitrogens is 2. The van der Waals surface area contributed by atoms with E-state index in [-0.39, 0.29) is 18.1 Å². The maximum Gasteiger partial charge on any atom is 0.134 e. The van der Waals surface area contributed by atoms with Crippen LogP contribution < -0.4 is 5.32 Å². The molecule has 0 atom stereocenters. The van der Waals surface area contributed by atoms with Gasteiger partial charge in [-0.1, -0.05) is 20.8 Å². The number of rotatable bonds is 4. The maximum absolute atomic E-state index is 9.82. The van der Waals surface area contributed by atoms with Crippen LogP contribution in [-0.2, 0) is 0 Å². The minimum absolute atomic E-state index is 0.151. The van der Waals surface area contributed by atoms with Crippen molar-refractivity contribution < 1.29 is 5.11 Å². The lowest BCUT2D eigenvalue weighted by Gasteiger charge is -2.39. The third kappa shape index (κ3) is 3.70. The molecule has 1 aromatic rings. The van der Waals surface area contributed by atoms with Crippen molar-refractivity contribution in [1.82, 2.24) is 9.97 Å². The highest BCUT2D eigenvalue weighted by molar-refractivity contribution is 9.10. The van der Waals surface area contributed by atoms with Crippen LogP contribution in [0.15, 0.2) is 10.7 Å². The summed E-state index contributed by atoms with van der Waals surface area (Å²) in [6.45, 7) is 6.59. The van der Waals surface area contributed by atoms with E-state index >= 15 is 0 Å². The van der Waals surface area contributed by atoms with Crippen LogP contribution in [0.1, 0.15) is 58.2 Å². The maximum atomic E-state index is 9.82. The van der Waals surface area contributed by atoms with Gasteiger partial charge in [-0.25, -0.2) is 9.97 Å². The van der Waals surface area contributed by atoms with Gasteiger partial charge >= 0.3 is 0 Å². The summed E-state index contributed by atoms with van der Waals surface area (Å²) in [6.07, 6.45) is 4.28. The van der Waals surface area contributed by atoms with Crippen LogP contribution in [0.25, 0.3) is 0 Å². The fourth-order valence-electron chi connectivity index (χ4n) is 2.67. The first-order chi connectivity index (χ1) is 9.44. The van der Waals surface area contributed by atoms with Crippen molar-refractivity contribution in [3.8, 4) is 0 Å². The Labute approximate surface area is 129 Å². The number of hydrogen-bond acceptors (Lipinski definition) is 4. The molecule has 0 aliphatic heterocycles. The Morgan fingerprint density at radius 1 is 1.40 bits per heavy atom. The van der Waals surface area contributed by atoms with E-state index in [4.69, 9.17) is 0 Å². The second-order valence-corrected chi connectivity index (χ2v) is 7.15. The van der Waals surface area contributed by atoms with E-state index in [2.05, 4.69) is 52.0 Å². The van der Waals surface area contributed by atoms with E-state index in [0.717, 1.165) is 47.8 Å². The molecule has 20 heavy (non-hydrogen) atoms. The summed E-state index contributed by atoms with van der Waals surface area (Å²) in [6, 6.07) is 1.89. The molecule has 2 N–H and O–H groups in total. The lowest BCUT2D eigenvalue weighted by atomic mass is 9.77. The Morgan fingerprint density at radius 3 is 2.60 bits per heavy atom. The number of aliphatic hydroxyl groups excluding tert-OH is 1. The van der Waals surface area contributed by atoms with Crippen molar-refractivity contribution in [3.63, 3.8) is 0 Å². The molecule has 1 aliphatic rings. The SMILES string of the molecule is CC1CCC(CO)(Nc2cc(Br)nc(C(C)C)n2)CC1. The molecular weight excluding hydrogens is 318 g/mol. The fraction of sp³-hybridized carbons (Fsp3) is 0.733. The first-order valence-electron chi connectivity index (χ1n) is 7.37. The van der Waals surface area contributed by atoms with E-state index in [9.17, 15) is 5.11 Å². The molecule has 0 spiro atoms. The van der Waals surface area contributed by atoms with Crippen LogP contribution in [0.2, 0.25) is 0 Å². The van der Waals surface area contributed by atoms with Gasteiger partial charge in [0.1, 0.15) is 16.2 Å². The summed E-state index contributed by atoms with van der Waals surface area (Å²) >= 11 is 3.44. The molecule has 2 rings (SSSR count). The van der Waals surface area contributed by atoms with Crippen LogP contribution >= 0.6 is 15.9 Å². The van der Waals surface area contributed by atoms with E-state index in [1.807, 2.05) is 6.07 Å². The smallest absolute Gasteiger partial charge is 0.134 e. The molecule has 5 heteroatoms. The molecular formula is C15H24BrN3O. The molecule has 4 nitrogen and oxygen atoms in total. The Morgan fingerprint density at radius 2 is 2.05 bits per heavy atom. The monoisotopic (exact) mass is 341 g/mol. The number of hydrogen-bond donors (Lipinski definition) is 2. The van der Waals surface area contributed by atoms with Gasteiger partial charge in [-0.15, -0.1) is 0 Å². The largest absolute Gasteiger partial charge is 0.394 e. The second kappa shape index (κ2) is 6.39. The number of nitrogens with zero attached hydrogens (tertiary/aromatic N) is 2. The lowest BCUT2D eigenvalue weighted by Crippen LogP contribution is -2.45. The summed E-state index contributed by atoms with van der Waals surface area (Å²) in [5.74, 6) is 2.66. The molecule has 0 bridgehead atoms. The highest BCUT2D eigenvalue weighted by Crippen LogP contribution is 2.34. The van der Waals surface area contributed by atoms with Crippen LogP contribution in [0.3, 0.4) is 0 Å². The number of halogens is 1. The molecule has 0 saturated heterocycles. The molecule has 1 aliphatic carbocycles. The van der Waals surface area contributed by atoms with Crippen LogP contribution in [-0.4, -0.2) is 27.2 Å². The molecule has 0 unspecified atom stereocenters. The number of nitrogens with one attached hydrogen (secondary N) is 1. The lowest BCUT2D eigenvalue weighted by molar-refractivity contribution is 0.155. The molecule has 0 aromatic carbocycles. The zero-order valence-electron chi connectivity index (χ0n) is 12.5. The molecule has 0 amide bonds. The van der Waals surface area contributed by atoms with Crippen molar-refractivity contribution in [2.75, 3.05) is 11.9 Å². The van der Waals surface area contributed by atoms with Crippen molar-refractivity contribution >= 4 is 21.7 Å². The second-order valence-electron chi connectivity index (χ2n) is 6.33. The van der Waals surface area contributed by atoms with Crippen molar-refractivity contribution in [1.29, 1.82) is 0 Å². The summed E-state index contributed by atoms with van der Waals surface area (Å²) in [5, 5.41) is 13.3. The van der Waals surface area contributed by atoms with Crippen LogP contribution in [0.4, 0.5) is 5.82 Å². The van der Waals surface area contributed by atoms with Crippen molar-refractivity contribution in [2.45, 2.75) is 57.9 Å². The van der Waals surface area contributed by atoms with Gasteiger partial charge in [0.15, 0.2) is 0 Å². The standard InChI is InChI=1S/C15H24BrN3O/c1-10(2)14-17-12(16)8-13(18-14)19-15(9-20)6-4-11(3)5-7-15/h8,10-11,20H,4-7,9H2,1-3H3,(H,17,18,19). The summed E-state index contributed by atoms with van der Waals surface area (Å²) in [5.41, 5.74) is -0.228. The predicted molar refractivity (Wildman–Crippen MR) is 84.9 cm³/mol.